The van der Waals surface area contributed by atoms with Crippen LogP contribution in [0.5, 0.6) is 0 Å². The summed E-state index contributed by atoms with van der Waals surface area (Å²) in [6.45, 7) is 8.11. The van der Waals surface area contributed by atoms with Gasteiger partial charge in [-0.1, -0.05) is 6.07 Å². The third kappa shape index (κ3) is 4.82. The first-order valence-corrected chi connectivity index (χ1v) is 10.2. The van der Waals surface area contributed by atoms with E-state index in [1.807, 2.05) is 13.8 Å². The SMILES string of the molecule is CCOC(=O)c1c(NC(=O)c2cccc([N+](=O)[O-])c2)sc(C(=O)N(CC)CC)c1C. The molecule has 1 N–H and O–H groups in total. The van der Waals surface area contributed by atoms with Crippen molar-refractivity contribution in [2.45, 2.75) is 27.7 Å². The molecule has 0 radical (unpaired) electrons. The molecule has 2 rings (SSSR count). The third-order valence-electron chi connectivity index (χ3n) is 4.42. The van der Waals surface area contributed by atoms with E-state index < -0.39 is 16.8 Å². The summed E-state index contributed by atoms with van der Waals surface area (Å²) in [5.41, 5.74) is 0.357. The van der Waals surface area contributed by atoms with Crippen LogP contribution in [0.3, 0.4) is 0 Å². The van der Waals surface area contributed by atoms with E-state index in [0.717, 1.165) is 17.4 Å². The Morgan fingerprint density at radius 1 is 1.20 bits per heavy atom. The van der Waals surface area contributed by atoms with E-state index in [2.05, 4.69) is 5.32 Å². The molecule has 0 aliphatic heterocycles. The van der Waals surface area contributed by atoms with E-state index in [0.29, 0.717) is 23.5 Å². The lowest BCUT2D eigenvalue weighted by molar-refractivity contribution is -0.384. The van der Waals surface area contributed by atoms with Gasteiger partial charge in [-0.3, -0.25) is 19.7 Å². The van der Waals surface area contributed by atoms with Gasteiger partial charge in [0.2, 0.25) is 0 Å². The molecule has 2 amide bonds. The molecule has 9 nitrogen and oxygen atoms in total. The first-order valence-electron chi connectivity index (χ1n) is 9.40. The number of hydrogen-bond donors (Lipinski definition) is 1. The van der Waals surface area contributed by atoms with Crippen LogP contribution < -0.4 is 5.32 Å². The molecule has 1 aromatic carbocycles. The van der Waals surface area contributed by atoms with Gasteiger partial charge in [0.25, 0.3) is 17.5 Å². The van der Waals surface area contributed by atoms with Crippen LogP contribution >= 0.6 is 11.3 Å². The maximum Gasteiger partial charge on any atom is 0.341 e. The number of nitro benzene ring substituents is 1. The molecule has 0 spiro atoms. The summed E-state index contributed by atoms with van der Waals surface area (Å²) < 4.78 is 5.10. The van der Waals surface area contributed by atoms with Crippen LogP contribution in [0.4, 0.5) is 10.7 Å². The standard InChI is InChI=1S/C20H23N3O6S/c1-5-22(6-2)19(25)16-12(4)15(20(26)29-7-3)18(30-16)21-17(24)13-9-8-10-14(11-13)23(27)28/h8-11H,5-7H2,1-4H3,(H,21,24). The second kappa shape index (κ2) is 9.97. The van der Waals surface area contributed by atoms with E-state index in [4.69, 9.17) is 4.74 Å². The Hall–Kier alpha value is -3.27. The number of nitro groups is 1. The van der Waals surface area contributed by atoms with Crippen LogP contribution in [0.15, 0.2) is 24.3 Å². The first-order chi connectivity index (χ1) is 14.2. The number of ether oxygens (including phenoxy) is 1. The quantitative estimate of drug-likeness (QED) is 0.383. The maximum atomic E-state index is 12.8. The zero-order valence-electron chi connectivity index (χ0n) is 17.2. The van der Waals surface area contributed by atoms with Crippen molar-refractivity contribution in [2.24, 2.45) is 0 Å². The average molecular weight is 433 g/mol. The van der Waals surface area contributed by atoms with Gasteiger partial charge in [-0.05, 0) is 39.3 Å². The van der Waals surface area contributed by atoms with E-state index in [9.17, 15) is 24.5 Å². The largest absolute Gasteiger partial charge is 0.462 e. The highest BCUT2D eigenvalue weighted by Gasteiger charge is 2.28. The number of carbonyl (C=O) groups excluding carboxylic acids is 3. The smallest absolute Gasteiger partial charge is 0.341 e. The summed E-state index contributed by atoms with van der Waals surface area (Å²) in [6, 6.07) is 5.24. The van der Waals surface area contributed by atoms with Gasteiger partial charge in [0, 0.05) is 30.8 Å². The highest BCUT2D eigenvalue weighted by Crippen LogP contribution is 2.35. The molecule has 0 aliphatic carbocycles. The normalized spacial score (nSPS) is 10.4. The Balaban J connectivity index is 2.47. The Bertz CT molecular complexity index is 981. The van der Waals surface area contributed by atoms with Crippen LogP contribution in [0.2, 0.25) is 0 Å². The van der Waals surface area contributed by atoms with E-state index in [-0.39, 0.29) is 34.3 Å². The second-order valence-electron chi connectivity index (χ2n) is 6.22. The number of esters is 1. The molecular weight excluding hydrogens is 410 g/mol. The molecule has 0 atom stereocenters. The van der Waals surface area contributed by atoms with E-state index in [1.165, 1.54) is 18.2 Å². The van der Waals surface area contributed by atoms with Crippen molar-refractivity contribution in [1.29, 1.82) is 0 Å². The van der Waals surface area contributed by atoms with Gasteiger partial charge in [-0.25, -0.2) is 4.79 Å². The molecule has 10 heteroatoms. The molecule has 1 aromatic heterocycles. The summed E-state index contributed by atoms with van der Waals surface area (Å²) >= 11 is 0.983. The predicted octanol–water partition coefficient (Wildman–Crippen LogP) is 3.88. The molecule has 0 unspecified atom stereocenters. The molecule has 0 aliphatic rings. The number of amides is 2. The Morgan fingerprint density at radius 2 is 1.87 bits per heavy atom. The fourth-order valence-electron chi connectivity index (χ4n) is 2.85. The summed E-state index contributed by atoms with van der Waals surface area (Å²) in [4.78, 5) is 50.3. The minimum absolute atomic E-state index is 0.0571. The molecule has 30 heavy (non-hydrogen) atoms. The number of nitrogens with one attached hydrogen (secondary N) is 1. The number of non-ortho nitro benzene ring substituents is 1. The van der Waals surface area contributed by atoms with Crippen molar-refractivity contribution in [1.82, 2.24) is 4.90 Å². The van der Waals surface area contributed by atoms with Crippen molar-refractivity contribution in [3.63, 3.8) is 0 Å². The van der Waals surface area contributed by atoms with Crippen LogP contribution in [0.1, 0.15) is 56.7 Å². The zero-order chi connectivity index (χ0) is 22.4. The number of anilines is 1. The molecule has 160 valence electrons. The van der Waals surface area contributed by atoms with Gasteiger partial charge in [0.1, 0.15) is 5.00 Å². The Labute approximate surface area is 177 Å². The number of benzene rings is 1. The molecule has 2 aromatic rings. The molecule has 0 bridgehead atoms. The summed E-state index contributed by atoms with van der Waals surface area (Å²) in [7, 11) is 0. The predicted molar refractivity (Wildman–Crippen MR) is 113 cm³/mol. The highest BCUT2D eigenvalue weighted by atomic mass is 32.1. The molecule has 0 saturated carbocycles. The summed E-state index contributed by atoms with van der Waals surface area (Å²) in [6.07, 6.45) is 0. The van der Waals surface area contributed by atoms with Crippen molar-refractivity contribution in [3.05, 3.63) is 55.9 Å². The maximum absolute atomic E-state index is 12.8. The number of nitrogens with zero attached hydrogens (tertiary/aromatic N) is 2. The molecule has 1 heterocycles. The fourth-order valence-corrected chi connectivity index (χ4v) is 4.00. The Morgan fingerprint density at radius 3 is 2.43 bits per heavy atom. The Kier molecular flexibility index (Phi) is 7.65. The molecule has 0 saturated heterocycles. The number of rotatable bonds is 8. The van der Waals surface area contributed by atoms with Crippen LogP contribution in [-0.4, -0.2) is 47.3 Å². The van der Waals surface area contributed by atoms with Gasteiger partial charge in [0.05, 0.1) is 22.0 Å². The lowest BCUT2D eigenvalue weighted by atomic mass is 10.1. The third-order valence-corrected chi connectivity index (χ3v) is 5.61. The highest BCUT2D eigenvalue weighted by molar-refractivity contribution is 7.18. The molecular formula is C20H23N3O6S. The van der Waals surface area contributed by atoms with Gasteiger partial charge < -0.3 is 15.0 Å². The molecule has 0 fully saturated rings. The monoisotopic (exact) mass is 433 g/mol. The topological polar surface area (TPSA) is 119 Å². The number of carbonyl (C=O) groups is 3. The second-order valence-corrected chi connectivity index (χ2v) is 7.24. The van der Waals surface area contributed by atoms with Crippen LogP contribution in [-0.2, 0) is 4.74 Å². The average Bonchev–Trinajstić information content (AvgIpc) is 3.04. The van der Waals surface area contributed by atoms with Crippen molar-refractivity contribution in [3.8, 4) is 0 Å². The minimum Gasteiger partial charge on any atom is -0.462 e. The van der Waals surface area contributed by atoms with Gasteiger partial charge in [-0.15, -0.1) is 11.3 Å². The summed E-state index contributed by atoms with van der Waals surface area (Å²) in [5, 5.41) is 13.7. The first kappa shape index (κ1) is 23.0. The fraction of sp³-hybridized carbons (Fsp3) is 0.350. The lowest BCUT2D eigenvalue weighted by Gasteiger charge is -2.18. The van der Waals surface area contributed by atoms with E-state index in [1.54, 1.807) is 18.7 Å². The van der Waals surface area contributed by atoms with Gasteiger partial charge in [0.15, 0.2) is 0 Å². The lowest BCUT2D eigenvalue weighted by Crippen LogP contribution is -2.30. The van der Waals surface area contributed by atoms with Crippen molar-refractivity contribution >= 4 is 39.8 Å². The van der Waals surface area contributed by atoms with Crippen LogP contribution in [0.25, 0.3) is 0 Å². The minimum atomic E-state index is -0.654. The zero-order valence-corrected chi connectivity index (χ0v) is 18.0. The van der Waals surface area contributed by atoms with Gasteiger partial charge in [-0.2, -0.15) is 0 Å². The van der Waals surface area contributed by atoms with Crippen molar-refractivity contribution < 1.29 is 24.0 Å². The van der Waals surface area contributed by atoms with Gasteiger partial charge >= 0.3 is 5.97 Å². The summed E-state index contributed by atoms with van der Waals surface area (Å²) in [5.74, 6) is -1.53. The van der Waals surface area contributed by atoms with E-state index >= 15 is 0 Å². The van der Waals surface area contributed by atoms with Crippen molar-refractivity contribution in [2.75, 3.05) is 25.0 Å². The van der Waals surface area contributed by atoms with Crippen LogP contribution in [0, 0.1) is 17.0 Å². The number of hydrogen-bond acceptors (Lipinski definition) is 7. The number of thiophene rings is 1.